The summed E-state index contributed by atoms with van der Waals surface area (Å²) in [5.74, 6) is 1.05. The topological polar surface area (TPSA) is 105 Å². The van der Waals surface area contributed by atoms with Crippen molar-refractivity contribution in [1.82, 2.24) is 10.2 Å². The monoisotopic (exact) mass is 547 g/mol. The lowest BCUT2D eigenvalue weighted by Crippen LogP contribution is -2.49. The van der Waals surface area contributed by atoms with E-state index in [9.17, 15) is 18.0 Å². The molecule has 38 heavy (non-hydrogen) atoms. The molecular weight excluding hydrogens is 506 g/mol. The predicted molar refractivity (Wildman–Crippen MR) is 150 cm³/mol. The zero-order chi connectivity index (χ0) is 28.3. The summed E-state index contributed by atoms with van der Waals surface area (Å²) in [5.41, 5.74) is 1.30. The van der Waals surface area contributed by atoms with Crippen LogP contribution in [-0.2, 0) is 26.2 Å². The van der Waals surface area contributed by atoms with Crippen LogP contribution in [-0.4, -0.2) is 64.7 Å². The molecule has 0 radical (unpaired) electrons. The molecule has 0 bridgehead atoms. The van der Waals surface area contributed by atoms with Crippen molar-refractivity contribution in [3.63, 3.8) is 0 Å². The SMILES string of the molecule is CC[C@@H](C(=O)NCC(C)C)N(Cc1cccc(OC)c1)C(=O)CCCN(c1cccc(OC)c1)S(C)(=O)=O. The van der Waals surface area contributed by atoms with Gasteiger partial charge in [0.15, 0.2) is 0 Å². The molecule has 0 aromatic heterocycles. The summed E-state index contributed by atoms with van der Waals surface area (Å²) >= 11 is 0. The van der Waals surface area contributed by atoms with Gasteiger partial charge in [-0.15, -0.1) is 0 Å². The molecule has 0 saturated carbocycles. The fraction of sp³-hybridized carbons (Fsp3) is 0.500. The smallest absolute Gasteiger partial charge is 0.242 e. The molecule has 0 unspecified atom stereocenters. The van der Waals surface area contributed by atoms with Gasteiger partial charge in [-0.25, -0.2) is 8.42 Å². The molecule has 1 atom stereocenters. The maximum atomic E-state index is 13.5. The molecule has 2 aromatic rings. The van der Waals surface area contributed by atoms with Gasteiger partial charge in [0.1, 0.15) is 17.5 Å². The van der Waals surface area contributed by atoms with E-state index in [1.807, 2.05) is 45.0 Å². The summed E-state index contributed by atoms with van der Waals surface area (Å²) in [6.45, 7) is 6.75. The van der Waals surface area contributed by atoms with Crippen LogP contribution >= 0.6 is 0 Å². The number of ether oxygens (including phenoxy) is 2. The number of methoxy groups -OCH3 is 2. The molecule has 1 N–H and O–H groups in total. The van der Waals surface area contributed by atoms with Crippen molar-refractivity contribution >= 4 is 27.5 Å². The standard InChI is InChI=1S/C28H41N3O6S/c1-7-26(28(33)29-19-21(2)3)30(20-22-11-8-13-24(17-22)36-4)27(32)15-10-16-31(38(6,34)35)23-12-9-14-25(18-23)37-5/h8-9,11-14,17-18,21,26H,7,10,15-16,19-20H2,1-6H3,(H,29,33)/t26-/m0/s1. The van der Waals surface area contributed by atoms with Crippen molar-refractivity contribution in [2.24, 2.45) is 5.92 Å². The fourth-order valence-corrected chi connectivity index (χ4v) is 5.04. The largest absolute Gasteiger partial charge is 0.497 e. The third-order valence-corrected chi connectivity index (χ3v) is 7.25. The van der Waals surface area contributed by atoms with E-state index < -0.39 is 16.1 Å². The second-order valence-corrected chi connectivity index (χ2v) is 11.5. The van der Waals surface area contributed by atoms with E-state index in [0.29, 0.717) is 30.2 Å². The summed E-state index contributed by atoms with van der Waals surface area (Å²) in [6, 6.07) is 13.5. The van der Waals surface area contributed by atoms with Crippen LogP contribution in [0.2, 0.25) is 0 Å². The van der Waals surface area contributed by atoms with E-state index in [0.717, 1.165) is 11.8 Å². The Balaban J connectivity index is 2.24. The lowest BCUT2D eigenvalue weighted by Gasteiger charge is -2.31. The average Bonchev–Trinajstić information content (AvgIpc) is 2.89. The number of benzene rings is 2. The normalized spacial score (nSPS) is 12.1. The molecule has 210 valence electrons. The lowest BCUT2D eigenvalue weighted by atomic mass is 10.1. The van der Waals surface area contributed by atoms with E-state index in [-0.39, 0.29) is 43.7 Å². The van der Waals surface area contributed by atoms with Gasteiger partial charge in [-0.2, -0.15) is 0 Å². The Morgan fingerprint density at radius 2 is 1.63 bits per heavy atom. The number of rotatable bonds is 15. The van der Waals surface area contributed by atoms with Gasteiger partial charge < -0.3 is 19.7 Å². The number of nitrogens with one attached hydrogen (secondary N) is 1. The summed E-state index contributed by atoms with van der Waals surface area (Å²) in [7, 11) is -0.502. The van der Waals surface area contributed by atoms with E-state index in [1.165, 1.54) is 11.4 Å². The molecule has 10 heteroatoms. The average molecular weight is 548 g/mol. The fourth-order valence-electron chi connectivity index (χ4n) is 4.08. The van der Waals surface area contributed by atoms with Gasteiger partial charge in [0.05, 0.1) is 26.2 Å². The number of amides is 2. The second kappa shape index (κ2) is 14.6. The quantitative estimate of drug-likeness (QED) is 0.363. The van der Waals surface area contributed by atoms with E-state index >= 15 is 0 Å². The Morgan fingerprint density at radius 1 is 1.00 bits per heavy atom. The summed E-state index contributed by atoms with van der Waals surface area (Å²) in [4.78, 5) is 28.2. The minimum absolute atomic E-state index is 0.0773. The van der Waals surface area contributed by atoms with Gasteiger partial charge in [-0.1, -0.05) is 39.0 Å². The molecule has 2 aromatic carbocycles. The number of carbonyl (C=O) groups is 2. The molecule has 0 aliphatic carbocycles. The van der Waals surface area contributed by atoms with Gasteiger partial charge in [0.2, 0.25) is 21.8 Å². The van der Waals surface area contributed by atoms with Gasteiger partial charge in [0, 0.05) is 32.1 Å². The van der Waals surface area contributed by atoms with Gasteiger partial charge in [-0.3, -0.25) is 13.9 Å². The molecule has 0 saturated heterocycles. The van der Waals surface area contributed by atoms with E-state index in [1.54, 1.807) is 36.3 Å². The molecule has 0 aliphatic heterocycles. The summed E-state index contributed by atoms with van der Waals surface area (Å²) < 4.78 is 36.9. The highest BCUT2D eigenvalue weighted by Gasteiger charge is 2.29. The van der Waals surface area contributed by atoms with Crippen molar-refractivity contribution in [3.05, 3.63) is 54.1 Å². The number of nitrogens with zero attached hydrogens (tertiary/aromatic N) is 2. The third-order valence-electron chi connectivity index (χ3n) is 6.05. The Bertz CT molecular complexity index is 1170. The minimum Gasteiger partial charge on any atom is -0.497 e. The number of hydrogen-bond donors (Lipinski definition) is 1. The first-order valence-electron chi connectivity index (χ1n) is 12.8. The maximum Gasteiger partial charge on any atom is 0.242 e. The zero-order valence-corrected chi connectivity index (χ0v) is 24.1. The van der Waals surface area contributed by atoms with E-state index in [4.69, 9.17) is 9.47 Å². The zero-order valence-electron chi connectivity index (χ0n) is 23.3. The maximum absolute atomic E-state index is 13.5. The van der Waals surface area contributed by atoms with Crippen molar-refractivity contribution in [2.75, 3.05) is 37.9 Å². The molecule has 0 spiro atoms. The van der Waals surface area contributed by atoms with E-state index in [2.05, 4.69) is 5.32 Å². The van der Waals surface area contributed by atoms with Gasteiger partial charge in [0.25, 0.3) is 0 Å². The Morgan fingerprint density at radius 3 is 2.21 bits per heavy atom. The van der Waals surface area contributed by atoms with Crippen LogP contribution in [0.25, 0.3) is 0 Å². The van der Waals surface area contributed by atoms with Gasteiger partial charge >= 0.3 is 0 Å². The highest BCUT2D eigenvalue weighted by atomic mass is 32.2. The first-order valence-corrected chi connectivity index (χ1v) is 14.7. The first kappa shape index (κ1) is 31.0. The van der Waals surface area contributed by atoms with Crippen LogP contribution in [0.3, 0.4) is 0 Å². The van der Waals surface area contributed by atoms with Crippen LogP contribution in [0.4, 0.5) is 5.69 Å². The predicted octanol–water partition coefficient (Wildman–Crippen LogP) is 3.83. The van der Waals surface area contributed by atoms with Crippen LogP contribution in [0.15, 0.2) is 48.5 Å². The van der Waals surface area contributed by atoms with Crippen molar-refractivity contribution in [1.29, 1.82) is 0 Å². The number of sulfonamides is 1. The van der Waals surface area contributed by atoms with Crippen LogP contribution in [0.1, 0.15) is 45.6 Å². The van der Waals surface area contributed by atoms with Crippen molar-refractivity contribution in [2.45, 2.75) is 52.6 Å². The number of anilines is 1. The third kappa shape index (κ3) is 9.24. The minimum atomic E-state index is -3.59. The second-order valence-electron chi connectivity index (χ2n) is 9.58. The highest BCUT2D eigenvalue weighted by Crippen LogP contribution is 2.24. The molecule has 2 rings (SSSR count). The van der Waals surface area contributed by atoms with Crippen LogP contribution < -0.4 is 19.1 Å². The molecular formula is C28H41N3O6S. The molecule has 2 amide bonds. The van der Waals surface area contributed by atoms with Crippen LogP contribution in [0.5, 0.6) is 11.5 Å². The van der Waals surface area contributed by atoms with Gasteiger partial charge in [-0.05, 0) is 48.6 Å². The Kier molecular flexibility index (Phi) is 11.9. The molecule has 0 fully saturated rings. The highest BCUT2D eigenvalue weighted by molar-refractivity contribution is 7.92. The Hall–Kier alpha value is -3.27. The lowest BCUT2D eigenvalue weighted by molar-refractivity contribution is -0.141. The van der Waals surface area contributed by atoms with Crippen LogP contribution in [0, 0.1) is 5.92 Å². The van der Waals surface area contributed by atoms with Crippen molar-refractivity contribution < 1.29 is 27.5 Å². The number of hydrogen-bond acceptors (Lipinski definition) is 6. The molecule has 0 heterocycles. The van der Waals surface area contributed by atoms with Crippen molar-refractivity contribution in [3.8, 4) is 11.5 Å². The molecule has 9 nitrogen and oxygen atoms in total. The number of carbonyl (C=O) groups excluding carboxylic acids is 2. The first-order chi connectivity index (χ1) is 18.0. The summed E-state index contributed by atoms with van der Waals surface area (Å²) in [6.07, 6.45) is 1.93. The molecule has 0 aliphatic rings. The summed E-state index contributed by atoms with van der Waals surface area (Å²) in [5, 5.41) is 2.95. The Labute approximate surface area is 227 Å².